The molecule has 0 aliphatic heterocycles. The highest BCUT2D eigenvalue weighted by molar-refractivity contribution is 6.37. The molecule has 8 heteroatoms. The van der Waals surface area contributed by atoms with Crippen LogP contribution in [-0.2, 0) is 4.74 Å². The van der Waals surface area contributed by atoms with Gasteiger partial charge >= 0.3 is 6.09 Å². The maximum Gasteiger partial charge on any atom is 0.420 e. The van der Waals surface area contributed by atoms with Crippen molar-refractivity contribution in [2.75, 3.05) is 4.90 Å². The van der Waals surface area contributed by atoms with Gasteiger partial charge in [0.05, 0.1) is 10.7 Å². The fraction of sp³-hybridized carbons (Fsp3) is 0.381. The number of carbonyl (C=O) groups excluding carboxylic acids is 1. The number of rotatable bonds is 5. The number of ether oxygens (including phenoxy) is 1. The predicted octanol–water partition coefficient (Wildman–Crippen LogP) is 7.50. The Morgan fingerprint density at radius 1 is 1.28 bits per heavy atom. The summed E-state index contributed by atoms with van der Waals surface area (Å²) in [5.41, 5.74) is 0.257. The van der Waals surface area contributed by atoms with Crippen molar-refractivity contribution in [2.24, 2.45) is 0 Å². The third kappa shape index (κ3) is 5.84. The molecular weight excluding hydrogens is 433 g/mol. The molecule has 0 radical (unpaired) electrons. The third-order valence-corrected chi connectivity index (χ3v) is 4.77. The van der Waals surface area contributed by atoms with Crippen LogP contribution in [0.3, 0.4) is 0 Å². The largest absolute Gasteiger partial charge is 0.443 e. The molecule has 156 valence electrons. The van der Waals surface area contributed by atoms with Gasteiger partial charge in [-0.25, -0.2) is 19.7 Å². The summed E-state index contributed by atoms with van der Waals surface area (Å²) in [6.07, 6.45) is 1.76. The molecule has 0 bridgehead atoms. The monoisotopic (exact) mass is 455 g/mol. The van der Waals surface area contributed by atoms with E-state index in [2.05, 4.69) is 16.5 Å². The van der Waals surface area contributed by atoms with Gasteiger partial charge < -0.3 is 4.74 Å². The molecule has 0 aliphatic carbocycles. The van der Waals surface area contributed by atoms with Crippen molar-refractivity contribution in [3.63, 3.8) is 0 Å². The summed E-state index contributed by atoms with van der Waals surface area (Å²) in [4.78, 5) is 23.4. The molecule has 0 aliphatic rings. The smallest absolute Gasteiger partial charge is 0.420 e. The molecule has 0 fully saturated rings. The van der Waals surface area contributed by atoms with Crippen LogP contribution >= 0.6 is 34.8 Å². The Kier molecular flexibility index (Phi) is 7.55. The number of halogens is 3. The number of hydrogen-bond donors (Lipinski definition) is 0. The van der Waals surface area contributed by atoms with Gasteiger partial charge in [-0.05, 0) is 58.2 Å². The van der Waals surface area contributed by atoms with E-state index < -0.39 is 11.7 Å². The number of anilines is 2. The molecule has 1 aromatic carbocycles. The van der Waals surface area contributed by atoms with Gasteiger partial charge in [0.15, 0.2) is 5.82 Å². The first-order chi connectivity index (χ1) is 13.4. The van der Waals surface area contributed by atoms with Crippen LogP contribution in [0.4, 0.5) is 16.3 Å². The minimum Gasteiger partial charge on any atom is -0.443 e. The standard InChI is InChI=1S/C21H24Cl3N3O2/c1-7-8-12(2)17-18(24)25-13(3)26-19(17)27(20(28)29-21(4,5)6)16-10-9-14(22)11-15(16)23/h7,9-12H,1,8H2,2-6H3. The van der Waals surface area contributed by atoms with Gasteiger partial charge in [0.1, 0.15) is 16.6 Å². The Bertz CT molecular complexity index is 926. The van der Waals surface area contributed by atoms with Crippen LogP contribution in [-0.4, -0.2) is 21.7 Å². The van der Waals surface area contributed by atoms with Crippen LogP contribution in [0.5, 0.6) is 0 Å². The van der Waals surface area contributed by atoms with Gasteiger partial charge in [-0.3, -0.25) is 0 Å². The van der Waals surface area contributed by atoms with Gasteiger partial charge in [-0.2, -0.15) is 0 Å². The van der Waals surface area contributed by atoms with Gasteiger partial charge in [-0.15, -0.1) is 6.58 Å². The van der Waals surface area contributed by atoms with E-state index >= 15 is 0 Å². The lowest BCUT2D eigenvalue weighted by Gasteiger charge is -2.30. The Morgan fingerprint density at radius 2 is 1.93 bits per heavy atom. The van der Waals surface area contributed by atoms with Gasteiger partial charge in [0.25, 0.3) is 0 Å². The Balaban J connectivity index is 2.78. The summed E-state index contributed by atoms with van der Waals surface area (Å²) >= 11 is 19.0. The number of carbonyl (C=O) groups is 1. The topological polar surface area (TPSA) is 55.3 Å². The average Bonchev–Trinajstić information content (AvgIpc) is 2.55. The number of hydrogen-bond acceptors (Lipinski definition) is 4. The van der Waals surface area contributed by atoms with Crippen LogP contribution in [0.2, 0.25) is 15.2 Å². The lowest BCUT2D eigenvalue weighted by molar-refractivity contribution is 0.0598. The van der Waals surface area contributed by atoms with Gasteiger partial charge in [-0.1, -0.05) is 47.8 Å². The Labute approximate surface area is 186 Å². The zero-order chi connectivity index (χ0) is 21.9. The molecule has 1 heterocycles. The predicted molar refractivity (Wildman–Crippen MR) is 120 cm³/mol. The number of aryl methyl sites for hydroxylation is 1. The third-order valence-electron chi connectivity index (χ3n) is 3.94. The quantitative estimate of drug-likeness (QED) is 0.345. The van der Waals surface area contributed by atoms with Crippen molar-refractivity contribution in [1.29, 1.82) is 0 Å². The van der Waals surface area contributed by atoms with Crippen molar-refractivity contribution in [2.45, 2.75) is 52.6 Å². The first-order valence-electron chi connectivity index (χ1n) is 9.07. The first-order valence-corrected chi connectivity index (χ1v) is 10.2. The molecule has 0 N–H and O–H groups in total. The summed E-state index contributed by atoms with van der Waals surface area (Å²) < 4.78 is 5.64. The van der Waals surface area contributed by atoms with E-state index in [9.17, 15) is 4.79 Å². The minimum atomic E-state index is -0.729. The van der Waals surface area contributed by atoms with E-state index in [0.29, 0.717) is 34.3 Å². The van der Waals surface area contributed by atoms with Crippen LogP contribution in [0.25, 0.3) is 0 Å². The van der Waals surface area contributed by atoms with Gasteiger partial charge in [0.2, 0.25) is 0 Å². The lowest BCUT2D eigenvalue weighted by Crippen LogP contribution is -2.35. The Morgan fingerprint density at radius 3 is 2.48 bits per heavy atom. The number of amides is 1. The highest BCUT2D eigenvalue weighted by Crippen LogP contribution is 2.40. The first kappa shape index (κ1) is 23.5. The summed E-state index contributed by atoms with van der Waals surface area (Å²) in [6, 6.07) is 4.84. The summed E-state index contributed by atoms with van der Waals surface area (Å²) in [6.45, 7) is 12.8. The molecule has 1 unspecified atom stereocenters. The van der Waals surface area contributed by atoms with Crippen molar-refractivity contribution >= 4 is 52.4 Å². The maximum absolute atomic E-state index is 13.2. The number of allylic oxidation sites excluding steroid dienone is 1. The second-order valence-corrected chi connectivity index (χ2v) is 8.84. The molecule has 5 nitrogen and oxygen atoms in total. The molecule has 0 spiro atoms. The van der Waals surface area contributed by atoms with E-state index in [4.69, 9.17) is 39.5 Å². The van der Waals surface area contributed by atoms with E-state index in [-0.39, 0.29) is 16.1 Å². The zero-order valence-electron chi connectivity index (χ0n) is 17.1. The number of benzene rings is 1. The minimum absolute atomic E-state index is 0.0911. The maximum atomic E-state index is 13.2. The van der Waals surface area contributed by atoms with Crippen LogP contribution < -0.4 is 4.90 Å². The fourth-order valence-corrected chi connectivity index (χ4v) is 3.65. The van der Waals surface area contributed by atoms with Crippen LogP contribution in [0, 0.1) is 6.92 Å². The van der Waals surface area contributed by atoms with E-state index in [1.54, 1.807) is 52.0 Å². The second kappa shape index (κ2) is 9.33. The van der Waals surface area contributed by atoms with Crippen molar-refractivity contribution in [1.82, 2.24) is 9.97 Å². The summed E-state index contributed by atoms with van der Waals surface area (Å²) in [5.74, 6) is 0.639. The fourth-order valence-electron chi connectivity index (χ4n) is 2.76. The van der Waals surface area contributed by atoms with Crippen molar-refractivity contribution in [3.8, 4) is 0 Å². The number of aromatic nitrogens is 2. The zero-order valence-corrected chi connectivity index (χ0v) is 19.4. The highest BCUT2D eigenvalue weighted by atomic mass is 35.5. The molecule has 0 saturated carbocycles. The Hall–Kier alpha value is -1.82. The molecule has 0 saturated heterocycles. The van der Waals surface area contributed by atoms with E-state index in [1.807, 2.05) is 6.92 Å². The molecule has 1 atom stereocenters. The normalized spacial score (nSPS) is 12.4. The molecule has 29 heavy (non-hydrogen) atoms. The highest BCUT2D eigenvalue weighted by Gasteiger charge is 2.32. The van der Waals surface area contributed by atoms with Crippen LogP contribution in [0.1, 0.15) is 51.4 Å². The molecule has 2 rings (SSSR count). The van der Waals surface area contributed by atoms with Gasteiger partial charge in [0, 0.05) is 10.6 Å². The van der Waals surface area contributed by atoms with E-state index in [0.717, 1.165) is 0 Å². The lowest BCUT2D eigenvalue weighted by atomic mass is 9.99. The number of nitrogens with zero attached hydrogens (tertiary/aromatic N) is 3. The van der Waals surface area contributed by atoms with E-state index in [1.165, 1.54) is 4.90 Å². The molecule has 1 amide bonds. The second-order valence-electron chi connectivity index (χ2n) is 7.64. The average molecular weight is 457 g/mol. The SMILES string of the molecule is C=CCC(C)c1c(Cl)nc(C)nc1N(C(=O)OC(C)(C)C)c1ccc(Cl)cc1Cl. The van der Waals surface area contributed by atoms with Crippen LogP contribution in [0.15, 0.2) is 30.9 Å². The summed E-state index contributed by atoms with van der Waals surface area (Å²) in [5, 5.41) is 0.985. The van der Waals surface area contributed by atoms with Crippen molar-refractivity contribution < 1.29 is 9.53 Å². The molecule has 1 aromatic heterocycles. The summed E-state index contributed by atoms with van der Waals surface area (Å²) in [7, 11) is 0. The molecular formula is C21H24Cl3N3O2. The van der Waals surface area contributed by atoms with Crippen molar-refractivity contribution in [3.05, 3.63) is 57.4 Å². The molecule has 2 aromatic rings.